The van der Waals surface area contributed by atoms with Crippen molar-refractivity contribution in [3.63, 3.8) is 0 Å². The first-order valence-corrected chi connectivity index (χ1v) is 6.03. The lowest BCUT2D eigenvalue weighted by atomic mass is 10.1. The van der Waals surface area contributed by atoms with Crippen LogP contribution in [0.2, 0.25) is 0 Å². The van der Waals surface area contributed by atoms with Crippen molar-refractivity contribution in [2.75, 3.05) is 26.2 Å². The highest BCUT2D eigenvalue weighted by atomic mass is 15.2. The molecule has 0 radical (unpaired) electrons. The minimum absolute atomic E-state index is 0.133. The van der Waals surface area contributed by atoms with Crippen molar-refractivity contribution in [2.24, 2.45) is 5.73 Å². The number of nitrogens with zero attached hydrogens (tertiary/aromatic N) is 1. The fraction of sp³-hybridized carbons (Fsp3) is 0.538. The van der Waals surface area contributed by atoms with Crippen LogP contribution in [0.3, 0.4) is 0 Å². The second kappa shape index (κ2) is 5.43. The molecule has 88 valence electrons. The van der Waals surface area contributed by atoms with Gasteiger partial charge in [0.15, 0.2) is 0 Å². The topological polar surface area (TPSA) is 41.3 Å². The zero-order chi connectivity index (χ0) is 11.4. The Bertz CT molecular complexity index is 312. The van der Waals surface area contributed by atoms with Gasteiger partial charge in [0.25, 0.3) is 0 Å². The summed E-state index contributed by atoms with van der Waals surface area (Å²) in [7, 11) is 0. The second-order valence-corrected chi connectivity index (χ2v) is 4.56. The van der Waals surface area contributed by atoms with Crippen molar-refractivity contribution in [2.45, 2.75) is 19.5 Å². The molecule has 0 bridgehead atoms. The van der Waals surface area contributed by atoms with Gasteiger partial charge in [-0.2, -0.15) is 0 Å². The molecule has 3 N–H and O–H groups in total. The number of nitrogens with one attached hydrogen (secondary N) is 1. The molecule has 1 aromatic rings. The normalized spacial score (nSPS) is 19.6. The summed E-state index contributed by atoms with van der Waals surface area (Å²) >= 11 is 0. The third-order valence-electron chi connectivity index (χ3n) is 3.12. The van der Waals surface area contributed by atoms with Crippen molar-refractivity contribution >= 4 is 0 Å². The molecule has 1 saturated heterocycles. The van der Waals surface area contributed by atoms with Gasteiger partial charge in [0.2, 0.25) is 0 Å². The van der Waals surface area contributed by atoms with Gasteiger partial charge in [-0.1, -0.05) is 24.3 Å². The van der Waals surface area contributed by atoms with Crippen LogP contribution in [0.25, 0.3) is 0 Å². The van der Waals surface area contributed by atoms with Crippen molar-refractivity contribution in [3.8, 4) is 0 Å². The van der Waals surface area contributed by atoms with E-state index < -0.39 is 0 Å². The summed E-state index contributed by atoms with van der Waals surface area (Å²) in [6, 6.07) is 8.81. The molecule has 2 rings (SSSR count). The van der Waals surface area contributed by atoms with Crippen molar-refractivity contribution in [1.82, 2.24) is 10.2 Å². The zero-order valence-corrected chi connectivity index (χ0v) is 9.95. The Morgan fingerprint density at radius 1 is 1.25 bits per heavy atom. The highest BCUT2D eigenvalue weighted by Crippen LogP contribution is 2.12. The van der Waals surface area contributed by atoms with Crippen LogP contribution < -0.4 is 11.1 Å². The van der Waals surface area contributed by atoms with Crippen LogP contribution in [-0.2, 0) is 6.54 Å². The molecule has 1 aromatic carbocycles. The average molecular weight is 219 g/mol. The van der Waals surface area contributed by atoms with E-state index in [1.807, 2.05) is 6.92 Å². The lowest BCUT2D eigenvalue weighted by Gasteiger charge is -2.27. The third kappa shape index (κ3) is 3.04. The number of benzene rings is 1. The molecular formula is C13H21N3. The van der Waals surface area contributed by atoms with E-state index in [9.17, 15) is 0 Å². The Hall–Kier alpha value is -0.900. The third-order valence-corrected chi connectivity index (χ3v) is 3.12. The van der Waals surface area contributed by atoms with Gasteiger partial charge in [-0.15, -0.1) is 0 Å². The molecule has 0 spiro atoms. The van der Waals surface area contributed by atoms with E-state index in [4.69, 9.17) is 5.73 Å². The van der Waals surface area contributed by atoms with Gasteiger partial charge in [0.1, 0.15) is 0 Å². The SMILES string of the molecule is CC(N)c1ccc(CN2CCNCC2)cc1. The van der Waals surface area contributed by atoms with Crippen LogP contribution in [0.5, 0.6) is 0 Å². The Kier molecular flexibility index (Phi) is 3.93. The number of piperazine rings is 1. The van der Waals surface area contributed by atoms with E-state index in [0.717, 1.165) is 32.7 Å². The first-order chi connectivity index (χ1) is 7.75. The number of hydrogen-bond acceptors (Lipinski definition) is 3. The number of nitrogens with two attached hydrogens (primary N) is 1. The van der Waals surface area contributed by atoms with Crippen molar-refractivity contribution in [3.05, 3.63) is 35.4 Å². The van der Waals surface area contributed by atoms with Crippen LogP contribution in [-0.4, -0.2) is 31.1 Å². The van der Waals surface area contributed by atoms with E-state index in [1.54, 1.807) is 0 Å². The maximum absolute atomic E-state index is 5.83. The number of hydrogen-bond donors (Lipinski definition) is 2. The van der Waals surface area contributed by atoms with Gasteiger partial charge in [-0.25, -0.2) is 0 Å². The van der Waals surface area contributed by atoms with E-state index in [0.29, 0.717) is 0 Å². The monoisotopic (exact) mass is 219 g/mol. The molecule has 1 heterocycles. The molecule has 1 aliphatic rings. The summed E-state index contributed by atoms with van der Waals surface area (Å²) in [6.45, 7) is 7.59. The fourth-order valence-corrected chi connectivity index (χ4v) is 2.05. The second-order valence-electron chi connectivity index (χ2n) is 4.56. The number of rotatable bonds is 3. The van der Waals surface area contributed by atoms with E-state index in [-0.39, 0.29) is 6.04 Å². The van der Waals surface area contributed by atoms with Gasteiger partial charge in [-0.3, -0.25) is 4.90 Å². The highest BCUT2D eigenvalue weighted by Gasteiger charge is 2.09. The zero-order valence-electron chi connectivity index (χ0n) is 9.95. The van der Waals surface area contributed by atoms with E-state index in [2.05, 4.69) is 34.5 Å². The smallest absolute Gasteiger partial charge is 0.0266 e. The molecule has 16 heavy (non-hydrogen) atoms. The maximum atomic E-state index is 5.83. The van der Waals surface area contributed by atoms with Crippen LogP contribution in [0.4, 0.5) is 0 Å². The van der Waals surface area contributed by atoms with Gasteiger partial charge >= 0.3 is 0 Å². The van der Waals surface area contributed by atoms with E-state index in [1.165, 1.54) is 11.1 Å². The minimum Gasteiger partial charge on any atom is -0.324 e. The highest BCUT2D eigenvalue weighted by molar-refractivity contribution is 5.24. The van der Waals surface area contributed by atoms with Crippen LogP contribution in [0, 0.1) is 0 Å². The predicted octanol–water partition coefficient (Wildman–Crippen LogP) is 1.11. The van der Waals surface area contributed by atoms with Gasteiger partial charge in [0, 0.05) is 38.8 Å². The molecule has 1 aliphatic heterocycles. The average Bonchev–Trinajstić information content (AvgIpc) is 2.31. The Labute approximate surface area is 97.6 Å². The minimum atomic E-state index is 0.133. The Morgan fingerprint density at radius 3 is 2.44 bits per heavy atom. The van der Waals surface area contributed by atoms with Gasteiger partial charge in [-0.05, 0) is 18.1 Å². The van der Waals surface area contributed by atoms with Crippen LogP contribution in [0.15, 0.2) is 24.3 Å². The van der Waals surface area contributed by atoms with Gasteiger partial charge < -0.3 is 11.1 Å². The Morgan fingerprint density at radius 2 is 1.88 bits per heavy atom. The molecule has 0 aromatic heterocycles. The molecule has 0 amide bonds. The largest absolute Gasteiger partial charge is 0.324 e. The summed E-state index contributed by atoms with van der Waals surface area (Å²) in [5.41, 5.74) is 8.42. The lowest BCUT2D eigenvalue weighted by molar-refractivity contribution is 0.233. The fourth-order valence-electron chi connectivity index (χ4n) is 2.05. The molecule has 1 atom stereocenters. The predicted molar refractivity (Wildman–Crippen MR) is 67.2 cm³/mol. The standard InChI is InChI=1S/C13H21N3/c1-11(14)13-4-2-12(3-5-13)10-16-8-6-15-7-9-16/h2-5,11,15H,6-10,14H2,1H3. The summed E-state index contributed by atoms with van der Waals surface area (Å²) in [5.74, 6) is 0. The summed E-state index contributed by atoms with van der Waals surface area (Å²) in [6.07, 6.45) is 0. The van der Waals surface area contributed by atoms with Crippen LogP contribution in [0.1, 0.15) is 24.1 Å². The van der Waals surface area contributed by atoms with Crippen molar-refractivity contribution in [1.29, 1.82) is 0 Å². The summed E-state index contributed by atoms with van der Waals surface area (Å²) < 4.78 is 0. The molecular weight excluding hydrogens is 198 g/mol. The quantitative estimate of drug-likeness (QED) is 0.800. The van der Waals surface area contributed by atoms with Gasteiger partial charge in [0.05, 0.1) is 0 Å². The molecule has 1 fully saturated rings. The summed E-state index contributed by atoms with van der Waals surface area (Å²) in [4.78, 5) is 2.48. The molecule has 3 nitrogen and oxygen atoms in total. The van der Waals surface area contributed by atoms with Crippen LogP contribution >= 0.6 is 0 Å². The maximum Gasteiger partial charge on any atom is 0.0266 e. The van der Waals surface area contributed by atoms with E-state index >= 15 is 0 Å². The molecule has 0 saturated carbocycles. The molecule has 1 unspecified atom stereocenters. The first-order valence-electron chi connectivity index (χ1n) is 6.03. The Balaban J connectivity index is 1.93. The lowest BCUT2D eigenvalue weighted by Crippen LogP contribution is -2.42. The summed E-state index contributed by atoms with van der Waals surface area (Å²) in [5, 5.41) is 3.37. The van der Waals surface area contributed by atoms with Crippen molar-refractivity contribution < 1.29 is 0 Å². The first kappa shape index (κ1) is 11.6. The molecule has 0 aliphatic carbocycles. The molecule has 3 heteroatoms.